The zero-order chi connectivity index (χ0) is 19.8. The molecule has 2 N–H and O–H groups in total. The lowest BCUT2D eigenvalue weighted by molar-refractivity contribution is -0.121. The Balaban J connectivity index is 0.00000300. The highest BCUT2D eigenvalue weighted by molar-refractivity contribution is 14.0. The Morgan fingerprint density at radius 2 is 2.00 bits per heavy atom. The second kappa shape index (κ2) is 12.6. The predicted molar refractivity (Wildman–Crippen MR) is 130 cm³/mol. The number of hydrogen-bond acceptors (Lipinski definition) is 3. The fraction of sp³-hybridized carbons (Fsp3) is 0.619. The summed E-state index contributed by atoms with van der Waals surface area (Å²) in [5.41, 5.74) is 1.26. The molecular weight excluding hydrogens is 501 g/mol. The number of benzene rings is 1. The Hall–Kier alpha value is -1.06. The van der Waals surface area contributed by atoms with E-state index in [1.807, 2.05) is 18.2 Å². The molecule has 0 aromatic heterocycles. The van der Waals surface area contributed by atoms with Crippen LogP contribution in [0.3, 0.4) is 0 Å². The molecule has 0 unspecified atom stereocenters. The van der Waals surface area contributed by atoms with Gasteiger partial charge in [-0.1, -0.05) is 23.7 Å². The fourth-order valence-corrected chi connectivity index (χ4v) is 3.60. The molecule has 1 heterocycles. The Kier molecular flexibility index (Phi) is 10.5. The van der Waals surface area contributed by atoms with Gasteiger partial charge in [0.25, 0.3) is 0 Å². The monoisotopic (exact) mass is 533 g/mol. The summed E-state index contributed by atoms with van der Waals surface area (Å²) in [6, 6.07) is 8.53. The van der Waals surface area contributed by atoms with Crippen molar-refractivity contribution in [2.45, 2.75) is 45.2 Å². The highest BCUT2D eigenvalue weighted by Crippen LogP contribution is 2.18. The molecular formula is C21H33ClIN5O. The minimum absolute atomic E-state index is 0. The maximum absolute atomic E-state index is 11.8. The number of halogens is 2. The summed E-state index contributed by atoms with van der Waals surface area (Å²) in [4.78, 5) is 21.3. The second-order valence-electron chi connectivity index (χ2n) is 7.57. The molecule has 1 aromatic carbocycles. The van der Waals surface area contributed by atoms with E-state index in [1.54, 1.807) is 0 Å². The first kappa shape index (κ1) is 24.2. The van der Waals surface area contributed by atoms with Crippen LogP contribution in [0.4, 0.5) is 0 Å². The SMILES string of the molecule is CCNC(=NCCCC(=O)NC1CC1)N1CCN(Cc2cccc(Cl)c2)CC1.I. The van der Waals surface area contributed by atoms with Crippen LogP contribution in [0.25, 0.3) is 0 Å². The Morgan fingerprint density at radius 3 is 2.66 bits per heavy atom. The molecule has 1 aliphatic carbocycles. The summed E-state index contributed by atoms with van der Waals surface area (Å²) in [6.45, 7) is 8.46. The molecule has 1 aromatic rings. The van der Waals surface area contributed by atoms with Gasteiger partial charge in [-0.05, 0) is 43.9 Å². The van der Waals surface area contributed by atoms with Gasteiger partial charge >= 0.3 is 0 Å². The molecule has 1 saturated heterocycles. The van der Waals surface area contributed by atoms with Crippen LogP contribution < -0.4 is 10.6 Å². The summed E-state index contributed by atoms with van der Waals surface area (Å²) in [6.07, 6.45) is 3.63. The van der Waals surface area contributed by atoms with Gasteiger partial charge in [0.2, 0.25) is 5.91 Å². The summed E-state index contributed by atoms with van der Waals surface area (Å²) in [5, 5.41) is 7.22. The number of piperazine rings is 1. The van der Waals surface area contributed by atoms with Crippen molar-refractivity contribution in [3.63, 3.8) is 0 Å². The lowest BCUT2D eigenvalue weighted by Crippen LogP contribution is -2.52. The lowest BCUT2D eigenvalue weighted by atomic mass is 10.2. The van der Waals surface area contributed by atoms with Crippen LogP contribution in [0, 0.1) is 0 Å². The number of guanidine groups is 1. The Bertz CT molecular complexity index is 675. The third-order valence-electron chi connectivity index (χ3n) is 5.07. The molecule has 0 radical (unpaired) electrons. The highest BCUT2D eigenvalue weighted by atomic mass is 127. The van der Waals surface area contributed by atoms with E-state index in [2.05, 4.69) is 33.4 Å². The molecule has 2 aliphatic rings. The average Bonchev–Trinajstić information content (AvgIpc) is 3.49. The van der Waals surface area contributed by atoms with Crippen molar-refractivity contribution in [2.24, 2.45) is 4.99 Å². The number of carbonyl (C=O) groups excluding carboxylic acids is 1. The molecule has 29 heavy (non-hydrogen) atoms. The largest absolute Gasteiger partial charge is 0.357 e. The predicted octanol–water partition coefficient (Wildman–Crippen LogP) is 3.10. The van der Waals surface area contributed by atoms with Gasteiger partial charge in [0, 0.05) is 63.3 Å². The molecule has 0 spiro atoms. The van der Waals surface area contributed by atoms with Crippen molar-refractivity contribution in [1.82, 2.24) is 20.4 Å². The smallest absolute Gasteiger partial charge is 0.220 e. The van der Waals surface area contributed by atoms with Gasteiger partial charge in [0.05, 0.1) is 0 Å². The molecule has 1 aliphatic heterocycles. The van der Waals surface area contributed by atoms with Crippen molar-refractivity contribution in [1.29, 1.82) is 0 Å². The minimum atomic E-state index is 0. The van der Waals surface area contributed by atoms with Crippen molar-refractivity contribution in [3.05, 3.63) is 34.9 Å². The maximum atomic E-state index is 11.8. The maximum Gasteiger partial charge on any atom is 0.220 e. The van der Waals surface area contributed by atoms with E-state index in [-0.39, 0.29) is 29.9 Å². The second-order valence-corrected chi connectivity index (χ2v) is 8.01. The number of hydrogen-bond donors (Lipinski definition) is 2. The molecule has 2 fully saturated rings. The van der Waals surface area contributed by atoms with Gasteiger partial charge in [-0.15, -0.1) is 24.0 Å². The summed E-state index contributed by atoms with van der Waals surface area (Å²) < 4.78 is 0. The molecule has 0 atom stereocenters. The van der Waals surface area contributed by atoms with Gasteiger partial charge in [0.15, 0.2) is 5.96 Å². The van der Waals surface area contributed by atoms with Gasteiger partial charge in [-0.25, -0.2) is 0 Å². The zero-order valence-corrected chi connectivity index (χ0v) is 20.3. The summed E-state index contributed by atoms with van der Waals surface area (Å²) >= 11 is 6.09. The molecule has 6 nitrogen and oxygen atoms in total. The quantitative estimate of drug-likeness (QED) is 0.233. The molecule has 1 amide bonds. The van der Waals surface area contributed by atoms with E-state index >= 15 is 0 Å². The van der Waals surface area contributed by atoms with Crippen molar-refractivity contribution in [3.8, 4) is 0 Å². The first-order valence-electron chi connectivity index (χ1n) is 10.4. The van der Waals surface area contributed by atoms with Crippen LogP contribution in [-0.2, 0) is 11.3 Å². The number of carbonyl (C=O) groups is 1. The van der Waals surface area contributed by atoms with E-state index in [4.69, 9.17) is 16.6 Å². The van der Waals surface area contributed by atoms with Gasteiger partial charge < -0.3 is 15.5 Å². The van der Waals surface area contributed by atoms with Crippen LogP contribution >= 0.6 is 35.6 Å². The highest BCUT2D eigenvalue weighted by Gasteiger charge is 2.23. The number of nitrogens with one attached hydrogen (secondary N) is 2. The molecule has 3 rings (SSSR count). The molecule has 1 saturated carbocycles. The average molecular weight is 534 g/mol. The van der Waals surface area contributed by atoms with Crippen molar-refractivity contribution < 1.29 is 4.79 Å². The van der Waals surface area contributed by atoms with Gasteiger partial charge in [-0.2, -0.15) is 0 Å². The van der Waals surface area contributed by atoms with E-state index < -0.39 is 0 Å². The third kappa shape index (κ3) is 8.68. The van der Waals surface area contributed by atoms with Crippen LogP contribution in [-0.4, -0.2) is 67.0 Å². The number of amides is 1. The van der Waals surface area contributed by atoms with Gasteiger partial charge in [-0.3, -0.25) is 14.7 Å². The van der Waals surface area contributed by atoms with E-state index in [1.165, 1.54) is 5.56 Å². The molecule has 162 valence electrons. The minimum Gasteiger partial charge on any atom is -0.357 e. The van der Waals surface area contributed by atoms with Crippen LogP contribution in [0.5, 0.6) is 0 Å². The number of nitrogens with zero attached hydrogens (tertiary/aromatic N) is 3. The summed E-state index contributed by atoms with van der Waals surface area (Å²) in [5.74, 6) is 1.13. The lowest BCUT2D eigenvalue weighted by Gasteiger charge is -2.36. The standard InChI is InChI=1S/C21H32ClN5O.HI/c1-2-23-21(24-10-4-7-20(28)25-19-8-9-19)27-13-11-26(12-14-27)16-17-5-3-6-18(22)15-17;/h3,5-6,15,19H,2,4,7-14,16H2,1H3,(H,23,24)(H,25,28);1H. The Morgan fingerprint density at radius 1 is 1.24 bits per heavy atom. The van der Waals surface area contributed by atoms with Crippen LogP contribution in [0.2, 0.25) is 5.02 Å². The van der Waals surface area contributed by atoms with Gasteiger partial charge in [0.1, 0.15) is 0 Å². The zero-order valence-electron chi connectivity index (χ0n) is 17.2. The van der Waals surface area contributed by atoms with Crippen molar-refractivity contribution >= 4 is 47.4 Å². The number of aliphatic imine (C=N–C) groups is 1. The van der Waals surface area contributed by atoms with E-state index in [0.29, 0.717) is 19.0 Å². The van der Waals surface area contributed by atoms with Crippen molar-refractivity contribution in [2.75, 3.05) is 39.3 Å². The van der Waals surface area contributed by atoms with E-state index in [9.17, 15) is 4.79 Å². The topological polar surface area (TPSA) is 60.0 Å². The normalized spacial score (nSPS) is 17.6. The molecule has 8 heteroatoms. The summed E-state index contributed by atoms with van der Waals surface area (Å²) in [7, 11) is 0. The first-order chi connectivity index (χ1) is 13.6. The van der Waals surface area contributed by atoms with Crippen LogP contribution in [0.1, 0.15) is 38.2 Å². The fourth-order valence-electron chi connectivity index (χ4n) is 3.39. The molecule has 0 bridgehead atoms. The first-order valence-corrected chi connectivity index (χ1v) is 10.8. The van der Waals surface area contributed by atoms with Crippen LogP contribution in [0.15, 0.2) is 29.3 Å². The number of rotatable bonds is 8. The third-order valence-corrected chi connectivity index (χ3v) is 5.30. The Labute approximate surface area is 196 Å². The van der Waals surface area contributed by atoms with E-state index in [0.717, 1.165) is 69.5 Å².